The summed E-state index contributed by atoms with van der Waals surface area (Å²) in [7, 11) is 0. The molecule has 0 saturated carbocycles. The van der Waals surface area contributed by atoms with Crippen LogP contribution in [0.25, 0.3) is 10.9 Å². The highest BCUT2D eigenvalue weighted by atomic mass is 32.1. The Morgan fingerprint density at radius 3 is 2.78 bits per heavy atom. The first-order valence-corrected chi connectivity index (χ1v) is 8.41. The van der Waals surface area contributed by atoms with Crippen LogP contribution < -0.4 is 5.32 Å². The number of benzene rings is 1. The Morgan fingerprint density at radius 1 is 1.17 bits per heavy atom. The number of nitrogens with one attached hydrogen (secondary N) is 2. The van der Waals surface area contributed by atoms with Crippen LogP contribution in [-0.4, -0.2) is 10.1 Å². The van der Waals surface area contributed by atoms with Crippen LogP contribution in [0.3, 0.4) is 0 Å². The van der Waals surface area contributed by atoms with Crippen molar-refractivity contribution in [1.82, 2.24) is 10.1 Å². The van der Waals surface area contributed by atoms with Crippen molar-refractivity contribution in [2.45, 2.75) is 19.9 Å². The van der Waals surface area contributed by atoms with E-state index < -0.39 is 0 Å². The van der Waals surface area contributed by atoms with E-state index in [0.717, 1.165) is 22.8 Å². The fraction of sp³-hybridized carbons (Fsp3) is 0.167. The van der Waals surface area contributed by atoms with Crippen LogP contribution in [0.1, 0.15) is 27.9 Å². The molecule has 0 fully saturated rings. The third-order valence-electron chi connectivity index (χ3n) is 3.98. The Bertz CT molecular complexity index is 936. The molecule has 4 rings (SSSR count). The van der Waals surface area contributed by atoms with Crippen LogP contribution in [0, 0.1) is 13.8 Å². The van der Waals surface area contributed by atoms with Crippen LogP contribution in [-0.2, 0) is 0 Å². The molecule has 0 amide bonds. The van der Waals surface area contributed by atoms with Gasteiger partial charge in [0.2, 0.25) is 0 Å². The molecule has 116 valence electrons. The number of hydrogen-bond donors (Lipinski definition) is 2. The molecule has 2 N–H and O–H groups in total. The first-order valence-electron chi connectivity index (χ1n) is 7.53. The lowest BCUT2D eigenvalue weighted by molar-refractivity contribution is 0.399. The highest BCUT2D eigenvalue weighted by molar-refractivity contribution is 7.10. The van der Waals surface area contributed by atoms with Crippen molar-refractivity contribution < 1.29 is 4.52 Å². The van der Waals surface area contributed by atoms with Crippen LogP contribution in [0.15, 0.2) is 52.4 Å². The van der Waals surface area contributed by atoms with Gasteiger partial charge in [0.15, 0.2) is 5.82 Å². The predicted molar refractivity (Wildman–Crippen MR) is 94.1 cm³/mol. The number of nitrogens with zero attached hydrogens (tertiary/aromatic N) is 1. The number of H-pyrrole nitrogens is 1. The second-order valence-electron chi connectivity index (χ2n) is 5.62. The molecule has 1 aromatic carbocycles. The van der Waals surface area contributed by atoms with E-state index >= 15 is 0 Å². The predicted octanol–water partition coefficient (Wildman–Crippen LogP) is 5.04. The van der Waals surface area contributed by atoms with E-state index in [4.69, 9.17) is 4.52 Å². The van der Waals surface area contributed by atoms with Gasteiger partial charge < -0.3 is 14.8 Å². The maximum atomic E-state index is 5.20. The SMILES string of the molecule is Cc1cc(NC(c2cccs2)c2c(C)[nH]c3ccccc23)no1. The lowest BCUT2D eigenvalue weighted by Crippen LogP contribution is -2.12. The Kier molecular flexibility index (Phi) is 3.42. The highest BCUT2D eigenvalue weighted by Crippen LogP contribution is 2.36. The summed E-state index contributed by atoms with van der Waals surface area (Å²) >= 11 is 1.74. The number of para-hydroxylation sites is 1. The number of rotatable bonds is 4. The van der Waals surface area contributed by atoms with Gasteiger partial charge in [0.25, 0.3) is 0 Å². The summed E-state index contributed by atoms with van der Waals surface area (Å²) < 4.78 is 5.20. The first-order chi connectivity index (χ1) is 11.2. The fourth-order valence-corrected chi connectivity index (χ4v) is 3.78. The number of anilines is 1. The average Bonchev–Trinajstić information content (AvgIpc) is 3.25. The molecule has 23 heavy (non-hydrogen) atoms. The zero-order chi connectivity index (χ0) is 15.8. The zero-order valence-corrected chi connectivity index (χ0v) is 13.8. The molecule has 0 aliphatic carbocycles. The van der Waals surface area contributed by atoms with Crippen molar-refractivity contribution >= 4 is 28.1 Å². The highest BCUT2D eigenvalue weighted by Gasteiger charge is 2.22. The van der Waals surface area contributed by atoms with Gasteiger partial charge in [-0.2, -0.15) is 0 Å². The van der Waals surface area contributed by atoms with Crippen molar-refractivity contribution in [2.75, 3.05) is 5.32 Å². The molecule has 0 radical (unpaired) electrons. The van der Waals surface area contributed by atoms with Gasteiger partial charge in [-0.25, -0.2) is 0 Å². The molecular formula is C18H17N3OS. The smallest absolute Gasteiger partial charge is 0.170 e. The van der Waals surface area contributed by atoms with Crippen LogP contribution in [0.2, 0.25) is 0 Å². The van der Waals surface area contributed by atoms with E-state index in [9.17, 15) is 0 Å². The molecule has 0 aliphatic heterocycles. The summed E-state index contributed by atoms with van der Waals surface area (Å²) in [6.45, 7) is 4.01. The largest absolute Gasteiger partial charge is 0.360 e. The number of aromatic amines is 1. The Hall–Kier alpha value is -2.53. The lowest BCUT2D eigenvalue weighted by Gasteiger charge is -2.18. The third-order valence-corrected chi connectivity index (χ3v) is 4.92. The molecule has 5 heteroatoms. The van der Waals surface area contributed by atoms with Gasteiger partial charge in [-0.05, 0) is 31.4 Å². The van der Waals surface area contributed by atoms with E-state index in [0.29, 0.717) is 0 Å². The quantitative estimate of drug-likeness (QED) is 0.553. The van der Waals surface area contributed by atoms with Crippen LogP contribution >= 0.6 is 11.3 Å². The number of aryl methyl sites for hydroxylation is 2. The van der Waals surface area contributed by atoms with Crippen molar-refractivity contribution in [3.63, 3.8) is 0 Å². The van der Waals surface area contributed by atoms with Crippen molar-refractivity contribution in [2.24, 2.45) is 0 Å². The minimum absolute atomic E-state index is 0.0376. The lowest BCUT2D eigenvalue weighted by atomic mass is 10.0. The monoisotopic (exact) mass is 323 g/mol. The van der Waals surface area contributed by atoms with Gasteiger partial charge in [-0.15, -0.1) is 11.3 Å². The van der Waals surface area contributed by atoms with Gasteiger partial charge in [0.05, 0.1) is 6.04 Å². The van der Waals surface area contributed by atoms with E-state index in [-0.39, 0.29) is 6.04 Å². The summed E-state index contributed by atoms with van der Waals surface area (Å²) in [6, 6.07) is 14.6. The standard InChI is InChI=1S/C18H17N3OS/c1-11-10-16(21-22-11)20-18(15-8-5-9-23-15)17-12(2)19-14-7-4-3-6-13(14)17/h3-10,18-19H,1-2H3,(H,20,21). The second kappa shape index (κ2) is 5.59. The molecule has 0 aliphatic rings. The van der Waals surface area contributed by atoms with Crippen molar-refractivity contribution in [3.8, 4) is 0 Å². The molecule has 1 atom stereocenters. The molecule has 1 unspecified atom stereocenters. The van der Waals surface area contributed by atoms with Crippen LogP contribution in [0.4, 0.5) is 5.82 Å². The van der Waals surface area contributed by atoms with E-state index in [1.807, 2.05) is 13.0 Å². The third kappa shape index (κ3) is 2.53. The summed E-state index contributed by atoms with van der Waals surface area (Å²) in [5.74, 6) is 1.55. The molecule has 0 saturated heterocycles. The second-order valence-corrected chi connectivity index (χ2v) is 6.60. The maximum Gasteiger partial charge on any atom is 0.170 e. The van der Waals surface area contributed by atoms with Crippen LogP contribution in [0.5, 0.6) is 0 Å². The van der Waals surface area contributed by atoms with Gasteiger partial charge in [0.1, 0.15) is 5.76 Å². The summed E-state index contributed by atoms with van der Waals surface area (Å²) in [6.07, 6.45) is 0. The molecule has 0 spiro atoms. The van der Waals surface area contributed by atoms with Gasteiger partial charge in [0, 0.05) is 33.1 Å². The topological polar surface area (TPSA) is 53.9 Å². The molecule has 4 aromatic rings. The molecule has 4 nitrogen and oxygen atoms in total. The van der Waals surface area contributed by atoms with E-state index in [1.54, 1.807) is 11.3 Å². The van der Waals surface area contributed by atoms with Gasteiger partial charge in [-0.1, -0.05) is 29.4 Å². The van der Waals surface area contributed by atoms with Crippen molar-refractivity contribution in [1.29, 1.82) is 0 Å². The normalized spacial score (nSPS) is 12.6. The molecular weight excluding hydrogens is 306 g/mol. The fourth-order valence-electron chi connectivity index (χ4n) is 2.99. The Labute approximate surface area is 138 Å². The Morgan fingerprint density at radius 2 is 2.04 bits per heavy atom. The Balaban J connectivity index is 1.85. The summed E-state index contributed by atoms with van der Waals surface area (Å²) in [5, 5.41) is 10.9. The van der Waals surface area contributed by atoms with Gasteiger partial charge >= 0.3 is 0 Å². The molecule has 3 heterocycles. The average molecular weight is 323 g/mol. The number of hydrogen-bond acceptors (Lipinski definition) is 4. The van der Waals surface area contributed by atoms with Gasteiger partial charge in [-0.3, -0.25) is 0 Å². The minimum Gasteiger partial charge on any atom is -0.360 e. The minimum atomic E-state index is 0.0376. The summed E-state index contributed by atoms with van der Waals surface area (Å²) in [4.78, 5) is 4.73. The number of aromatic nitrogens is 2. The first kappa shape index (κ1) is 14.1. The maximum absolute atomic E-state index is 5.20. The summed E-state index contributed by atoms with van der Waals surface area (Å²) in [5.41, 5.74) is 3.57. The molecule has 0 bridgehead atoms. The molecule has 3 aromatic heterocycles. The number of fused-ring (bicyclic) bond motifs is 1. The van der Waals surface area contributed by atoms with E-state index in [2.05, 4.69) is 64.2 Å². The zero-order valence-electron chi connectivity index (χ0n) is 13.0. The van der Waals surface area contributed by atoms with Crippen molar-refractivity contribution in [3.05, 3.63) is 69.7 Å². The van der Waals surface area contributed by atoms with E-state index in [1.165, 1.54) is 15.8 Å². The number of thiophene rings is 1.